The minimum absolute atomic E-state index is 0.0758. The molecule has 6 nitrogen and oxygen atoms in total. The summed E-state index contributed by atoms with van der Waals surface area (Å²) in [4.78, 5) is 16.2. The maximum Gasteiger partial charge on any atom is 0.413 e. The number of rotatable bonds is 2. The summed E-state index contributed by atoms with van der Waals surface area (Å²) in [5, 5.41) is 2.51. The molecule has 1 aliphatic heterocycles. The molecule has 0 bridgehead atoms. The van der Waals surface area contributed by atoms with Crippen molar-refractivity contribution in [1.29, 1.82) is 0 Å². The molecule has 1 aliphatic rings. The fourth-order valence-electron chi connectivity index (χ4n) is 2.25. The Morgan fingerprint density at radius 3 is 2.87 bits per heavy atom. The number of aliphatic imine (C=N–C) groups is 1. The third kappa shape index (κ3) is 4.41. The zero-order valence-electron chi connectivity index (χ0n) is 13.6. The molecule has 1 aromatic carbocycles. The van der Waals surface area contributed by atoms with Crippen LogP contribution in [-0.2, 0) is 15.0 Å². The molecule has 0 aromatic heterocycles. The Morgan fingerprint density at radius 2 is 2.26 bits per heavy atom. The lowest BCUT2D eigenvalue weighted by atomic mass is 9.91. The molecular weight excluding hydrogens is 301 g/mol. The number of nitrogens with zero attached hydrogens (tertiary/aromatic N) is 1. The average Bonchev–Trinajstić information content (AvgIpc) is 2.45. The number of anilines is 1. The summed E-state index contributed by atoms with van der Waals surface area (Å²) in [7, 11) is 0. The maximum atomic E-state index is 13.8. The second-order valence-corrected chi connectivity index (χ2v) is 6.47. The highest BCUT2D eigenvalue weighted by Gasteiger charge is 2.36. The quantitative estimate of drug-likeness (QED) is 0.818. The van der Waals surface area contributed by atoms with Gasteiger partial charge in [-0.1, -0.05) is 12.1 Å². The monoisotopic (exact) mass is 323 g/mol. The first kappa shape index (κ1) is 17.2. The predicted octanol–water partition coefficient (Wildman–Crippen LogP) is 2.39. The fraction of sp³-hybridized carbons (Fsp3) is 0.500. The van der Waals surface area contributed by atoms with Gasteiger partial charge in [-0.3, -0.25) is 10.3 Å². The van der Waals surface area contributed by atoms with Gasteiger partial charge in [0, 0.05) is 5.69 Å². The number of nitrogen functional groups attached to an aromatic ring is 1. The number of carbonyl (C=O) groups excluding carboxylic acids is 1. The molecule has 7 heteroatoms. The highest BCUT2D eigenvalue weighted by atomic mass is 19.1. The highest BCUT2D eigenvalue weighted by Crippen LogP contribution is 2.30. The topological polar surface area (TPSA) is 85.9 Å². The molecule has 23 heavy (non-hydrogen) atoms. The van der Waals surface area contributed by atoms with Crippen LogP contribution in [0.25, 0.3) is 0 Å². The van der Waals surface area contributed by atoms with E-state index in [9.17, 15) is 9.18 Å². The van der Waals surface area contributed by atoms with Crippen molar-refractivity contribution in [3.05, 3.63) is 29.8 Å². The number of alkyl carbamates (subject to hydrolysis) is 1. The van der Waals surface area contributed by atoms with Crippen molar-refractivity contribution in [2.24, 2.45) is 4.99 Å². The molecule has 1 heterocycles. The Balaban J connectivity index is 2.23. The van der Waals surface area contributed by atoms with Crippen molar-refractivity contribution in [1.82, 2.24) is 5.32 Å². The van der Waals surface area contributed by atoms with E-state index in [1.54, 1.807) is 45.0 Å². The van der Waals surface area contributed by atoms with Crippen LogP contribution in [0.2, 0.25) is 0 Å². The lowest BCUT2D eigenvalue weighted by Gasteiger charge is -2.32. The van der Waals surface area contributed by atoms with Crippen molar-refractivity contribution in [2.75, 3.05) is 25.6 Å². The van der Waals surface area contributed by atoms with Gasteiger partial charge in [0.25, 0.3) is 0 Å². The van der Waals surface area contributed by atoms with Crippen LogP contribution in [0.15, 0.2) is 29.3 Å². The van der Waals surface area contributed by atoms with Crippen LogP contribution >= 0.6 is 0 Å². The summed E-state index contributed by atoms with van der Waals surface area (Å²) >= 11 is 0. The maximum absolute atomic E-state index is 13.8. The van der Waals surface area contributed by atoms with Gasteiger partial charge in [0.2, 0.25) is 0 Å². The van der Waals surface area contributed by atoms with Gasteiger partial charge in [-0.05, 0) is 38.5 Å². The van der Waals surface area contributed by atoms with Crippen LogP contribution in [0.4, 0.5) is 14.9 Å². The van der Waals surface area contributed by atoms with Crippen molar-refractivity contribution < 1.29 is 18.7 Å². The summed E-state index contributed by atoms with van der Waals surface area (Å²) in [6.45, 7) is 4.66. The summed E-state index contributed by atoms with van der Waals surface area (Å²) in [5.41, 5.74) is 5.03. The predicted molar refractivity (Wildman–Crippen MR) is 86.1 cm³/mol. The number of nitrogens with two attached hydrogens (primary N) is 1. The molecule has 0 saturated carbocycles. The Morgan fingerprint density at radius 1 is 1.52 bits per heavy atom. The zero-order valence-corrected chi connectivity index (χ0v) is 13.6. The SMILES string of the molecule is CC(C)(C)OC(=O)NC1=N[C@@](CF)(c2cccc(N)c2)COC1. The van der Waals surface area contributed by atoms with E-state index >= 15 is 0 Å². The van der Waals surface area contributed by atoms with Crippen LogP contribution in [0.1, 0.15) is 26.3 Å². The molecule has 126 valence electrons. The first-order valence-electron chi connectivity index (χ1n) is 7.32. The summed E-state index contributed by atoms with van der Waals surface area (Å²) in [6.07, 6.45) is -0.651. The van der Waals surface area contributed by atoms with Gasteiger partial charge in [-0.15, -0.1) is 0 Å². The van der Waals surface area contributed by atoms with Crippen LogP contribution in [-0.4, -0.2) is 37.4 Å². The van der Waals surface area contributed by atoms with Crippen LogP contribution in [0, 0.1) is 0 Å². The van der Waals surface area contributed by atoms with E-state index in [4.69, 9.17) is 15.2 Å². The Hall–Kier alpha value is -2.15. The number of carbonyl (C=O) groups is 1. The molecule has 0 unspecified atom stereocenters. The first-order chi connectivity index (χ1) is 10.7. The minimum Gasteiger partial charge on any atom is -0.444 e. The number of ether oxygens (including phenoxy) is 2. The number of amides is 1. The smallest absolute Gasteiger partial charge is 0.413 e. The molecule has 0 radical (unpaired) electrons. The number of nitrogens with one attached hydrogen (secondary N) is 1. The molecule has 0 saturated heterocycles. The molecule has 2 rings (SSSR count). The summed E-state index contributed by atoms with van der Waals surface area (Å²) in [5.74, 6) is 0.227. The largest absolute Gasteiger partial charge is 0.444 e. The van der Waals surface area contributed by atoms with Crippen LogP contribution in [0.5, 0.6) is 0 Å². The lowest BCUT2D eigenvalue weighted by Crippen LogP contribution is -2.46. The van der Waals surface area contributed by atoms with E-state index in [1.165, 1.54) is 0 Å². The Kier molecular flexibility index (Phi) is 4.89. The zero-order chi connectivity index (χ0) is 17.1. The molecule has 0 spiro atoms. The number of halogens is 1. The summed E-state index contributed by atoms with van der Waals surface area (Å²) < 4.78 is 24.4. The molecule has 0 aliphatic carbocycles. The van der Waals surface area contributed by atoms with E-state index in [0.717, 1.165) is 0 Å². The Labute approximate surface area is 134 Å². The summed E-state index contributed by atoms with van der Waals surface area (Å²) in [6, 6.07) is 6.83. The third-order valence-corrected chi connectivity index (χ3v) is 3.22. The van der Waals surface area contributed by atoms with Gasteiger partial charge in [0.15, 0.2) is 0 Å². The first-order valence-corrected chi connectivity index (χ1v) is 7.32. The lowest BCUT2D eigenvalue weighted by molar-refractivity contribution is 0.0530. The van der Waals surface area contributed by atoms with E-state index in [0.29, 0.717) is 11.3 Å². The van der Waals surface area contributed by atoms with E-state index in [2.05, 4.69) is 10.3 Å². The number of hydrogen-bond acceptors (Lipinski definition) is 5. The second-order valence-electron chi connectivity index (χ2n) is 6.47. The fourth-order valence-corrected chi connectivity index (χ4v) is 2.25. The number of hydrogen-bond donors (Lipinski definition) is 2. The second kappa shape index (κ2) is 6.54. The third-order valence-electron chi connectivity index (χ3n) is 3.22. The van der Waals surface area contributed by atoms with Gasteiger partial charge in [-0.25, -0.2) is 9.18 Å². The van der Waals surface area contributed by atoms with Crippen LogP contribution in [0.3, 0.4) is 0 Å². The van der Waals surface area contributed by atoms with Crippen molar-refractivity contribution in [3.8, 4) is 0 Å². The number of benzene rings is 1. The van der Waals surface area contributed by atoms with Crippen molar-refractivity contribution >= 4 is 17.6 Å². The van der Waals surface area contributed by atoms with Gasteiger partial charge in [-0.2, -0.15) is 0 Å². The van der Waals surface area contributed by atoms with E-state index in [1.807, 2.05) is 0 Å². The molecule has 0 fully saturated rings. The average molecular weight is 323 g/mol. The molecular formula is C16H22FN3O3. The normalized spacial score (nSPS) is 21.5. The Bertz CT molecular complexity index is 613. The van der Waals surface area contributed by atoms with Crippen molar-refractivity contribution in [3.63, 3.8) is 0 Å². The van der Waals surface area contributed by atoms with Crippen molar-refractivity contribution in [2.45, 2.75) is 31.9 Å². The number of alkyl halides is 1. The molecule has 3 N–H and O–H groups in total. The molecule has 1 aromatic rings. The highest BCUT2D eigenvalue weighted by molar-refractivity contribution is 5.96. The standard InChI is InChI=1S/C16H22FN3O3/c1-15(2,3)23-14(21)19-13-8-22-10-16(9-17,20-13)11-5-4-6-12(18)7-11/h4-7H,8-10,18H2,1-3H3,(H,19,20,21)/t16-/m1/s1. The van der Waals surface area contributed by atoms with Gasteiger partial charge in [0.05, 0.1) is 6.61 Å². The number of amidine groups is 1. The van der Waals surface area contributed by atoms with Gasteiger partial charge < -0.3 is 15.2 Å². The van der Waals surface area contributed by atoms with E-state index in [-0.39, 0.29) is 19.0 Å². The van der Waals surface area contributed by atoms with E-state index < -0.39 is 23.9 Å². The molecule has 1 amide bonds. The van der Waals surface area contributed by atoms with Gasteiger partial charge >= 0.3 is 6.09 Å². The molecule has 1 atom stereocenters. The van der Waals surface area contributed by atoms with Crippen LogP contribution < -0.4 is 11.1 Å². The van der Waals surface area contributed by atoms with Gasteiger partial charge in [0.1, 0.15) is 30.3 Å². The minimum atomic E-state index is -1.21.